The van der Waals surface area contributed by atoms with Gasteiger partial charge in [0.15, 0.2) is 0 Å². The number of ether oxygens (including phenoxy) is 1. The van der Waals surface area contributed by atoms with E-state index in [0.717, 1.165) is 0 Å². The van der Waals surface area contributed by atoms with Crippen LogP contribution in [0.3, 0.4) is 0 Å². The molecule has 5 nitrogen and oxygen atoms in total. The van der Waals surface area contributed by atoms with Gasteiger partial charge in [0.05, 0.1) is 25.4 Å². The highest BCUT2D eigenvalue weighted by molar-refractivity contribution is 5.82. The van der Waals surface area contributed by atoms with Crippen LogP contribution in [0.2, 0.25) is 0 Å². The molecular formula is C10H20N2O3. The maximum Gasteiger partial charge on any atom is 0.242 e. The number of carbonyl (C=O) groups is 1. The van der Waals surface area contributed by atoms with Crippen LogP contribution in [0.5, 0.6) is 0 Å². The topological polar surface area (TPSA) is 61.8 Å². The molecule has 0 aromatic carbocycles. The van der Waals surface area contributed by atoms with Crippen LogP contribution in [-0.4, -0.2) is 60.9 Å². The molecule has 1 heterocycles. The number of hydrogen-bond donors (Lipinski definition) is 2. The summed E-state index contributed by atoms with van der Waals surface area (Å²) in [5, 5.41) is 12.3. The van der Waals surface area contributed by atoms with E-state index in [4.69, 9.17) is 9.84 Å². The molecule has 0 saturated carbocycles. The van der Waals surface area contributed by atoms with E-state index in [-0.39, 0.29) is 18.6 Å². The second-order valence-corrected chi connectivity index (χ2v) is 4.45. The Morgan fingerprint density at radius 1 is 1.67 bits per heavy atom. The molecule has 1 saturated heterocycles. The fourth-order valence-electron chi connectivity index (χ4n) is 1.36. The summed E-state index contributed by atoms with van der Waals surface area (Å²) in [6.07, 6.45) is 0. The minimum Gasteiger partial charge on any atom is -0.394 e. The molecule has 0 aromatic rings. The lowest BCUT2D eigenvalue weighted by Gasteiger charge is -2.37. The van der Waals surface area contributed by atoms with Gasteiger partial charge < -0.3 is 20.1 Å². The molecule has 15 heavy (non-hydrogen) atoms. The molecule has 5 heteroatoms. The standard InChI is InChI=1S/C10H20N2O3/c1-10(2,7-13)12(3)9(14)8-6-15-5-4-11-8/h8,11,13H,4-7H2,1-3H3. The molecule has 1 atom stereocenters. The SMILES string of the molecule is CN(C(=O)C1COCCN1)C(C)(C)CO. The zero-order valence-electron chi connectivity index (χ0n) is 9.62. The number of amides is 1. The first kappa shape index (κ1) is 12.4. The highest BCUT2D eigenvalue weighted by atomic mass is 16.5. The number of rotatable bonds is 3. The number of hydrogen-bond acceptors (Lipinski definition) is 4. The highest BCUT2D eigenvalue weighted by Gasteiger charge is 2.32. The monoisotopic (exact) mass is 216 g/mol. The van der Waals surface area contributed by atoms with Gasteiger partial charge in [0, 0.05) is 13.6 Å². The van der Waals surface area contributed by atoms with Crippen LogP contribution in [0, 0.1) is 0 Å². The van der Waals surface area contributed by atoms with Crippen molar-refractivity contribution in [2.45, 2.75) is 25.4 Å². The van der Waals surface area contributed by atoms with Crippen molar-refractivity contribution in [1.82, 2.24) is 10.2 Å². The maximum atomic E-state index is 12.0. The lowest BCUT2D eigenvalue weighted by molar-refractivity contribution is -0.141. The molecule has 1 fully saturated rings. The van der Waals surface area contributed by atoms with Crippen molar-refractivity contribution in [2.24, 2.45) is 0 Å². The van der Waals surface area contributed by atoms with E-state index in [0.29, 0.717) is 19.8 Å². The van der Waals surface area contributed by atoms with Gasteiger partial charge in [-0.25, -0.2) is 0 Å². The summed E-state index contributed by atoms with van der Waals surface area (Å²) >= 11 is 0. The molecular weight excluding hydrogens is 196 g/mol. The molecule has 1 amide bonds. The molecule has 1 unspecified atom stereocenters. The number of nitrogens with zero attached hydrogens (tertiary/aromatic N) is 1. The van der Waals surface area contributed by atoms with Gasteiger partial charge in [-0.3, -0.25) is 4.79 Å². The third-order valence-electron chi connectivity index (χ3n) is 2.85. The Morgan fingerprint density at radius 3 is 2.80 bits per heavy atom. The zero-order chi connectivity index (χ0) is 11.5. The summed E-state index contributed by atoms with van der Waals surface area (Å²) in [6.45, 7) is 5.36. The Kier molecular flexibility index (Phi) is 4.07. The van der Waals surface area contributed by atoms with E-state index in [1.165, 1.54) is 0 Å². The van der Waals surface area contributed by atoms with Crippen molar-refractivity contribution in [3.05, 3.63) is 0 Å². The lowest BCUT2D eigenvalue weighted by atomic mass is 10.0. The van der Waals surface area contributed by atoms with Crippen molar-refractivity contribution in [1.29, 1.82) is 0 Å². The van der Waals surface area contributed by atoms with Crippen LogP contribution in [0.4, 0.5) is 0 Å². The molecule has 2 N–H and O–H groups in total. The van der Waals surface area contributed by atoms with Crippen LogP contribution in [0.15, 0.2) is 0 Å². The lowest BCUT2D eigenvalue weighted by Crippen LogP contribution is -2.57. The average molecular weight is 216 g/mol. The molecule has 88 valence electrons. The van der Waals surface area contributed by atoms with Gasteiger partial charge in [-0.05, 0) is 13.8 Å². The fraction of sp³-hybridized carbons (Fsp3) is 0.900. The van der Waals surface area contributed by atoms with Crippen LogP contribution >= 0.6 is 0 Å². The van der Waals surface area contributed by atoms with Gasteiger partial charge in [0.25, 0.3) is 0 Å². The van der Waals surface area contributed by atoms with E-state index in [9.17, 15) is 4.79 Å². The summed E-state index contributed by atoms with van der Waals surface area (Å²) in [5.74, 6) is -0.0336. The van der Waals surface area contributed by atoms with Crippen molar-refractivity contribution < 1.29 is 14.6 Å². The Labute approximate surface area is 90.4 Å². The maximum absolute atomic E-state index is 12.0. The first-order valence-corrected chi connectivity index (χ1v) is 5.18. The first-order chi connectivity index (χ1) is 6.99. The summed E-state index contributed by atoms with van der Waals surface area (Å²) in [6, 6.07) is -0.283. The smallest absolute Gasteiger partial charge is 0.242 e. The van der Waals surface area contributed by atoms with E-state index < -0.39 is 5.54 Å². The van der Waals surface area contributed by atoms with Gasteiger partial charge in [0.2, 0.25) is 5.91 Å². The molecule has 0 radical (unpaired) electrons. The Balaban J connectivity index is 2.58. The van der Waals surface area contributed by atoms with Gasteiger partial charge in [-0.15, -0.1) is 0 Å². The number of likely N-dealkylation sites (N-methyl/N-ethyl adjacent to an activating group) is 1. The third-order valence-corrected chi connectivity index (χ3v) is 2.85. The summed E-state index contributed by atoms with van der Waals surface area (Å²) in [4.78, 5) is 13.5. The zero-order valence-corrected chi connectivity index (χ0v) is 9.62. The molecule has 0 bridgehead atoms. The number of nitrogens with one attached hydrogen (secondary N) is 1. The van der Waals surface area contributed by atoms with Crippen molar-refractivity contribution >= 4 is 5.91 Å². The van der Waals surface area contributed by atoms with Gasteiger partial charge in [-0.2, -0.15) is 0 Å². The largest absolute Gasteiger partial charge is 0.394 e. The molecule has 1 aliphatic heterocycles. The number of carbonyl (C=O) groups excluding carboxylic acids is 1. The Hall–Kier alpha value is -0.650. The van der Waals surface area contributed by atoms with E-state index in [1.807, 2.05) is 13.8 Å². The Morgan fingerprint density at radius 2 is 2.33 bits per heavy atom. The fourth-order valence-corrected chi connectivity index (χ4v) is 1.36. The molecule has 0 aromatic heterocycles. The molecule has 0 spiro atoms. The third kappa shape index (κ3) is 2.90. The van der Waals surface area contributed by atoms with Gasteiger partial charge in [0.1, 0.15) is 6.04 Å². The minimum absolute atomic E-state index is 0.0336. The van der Waals surface area contributed by atoms with Gasteiger partial charge in [-0.1, -0.05) is 0 Å². The second-order valence-electron chi connectivity index (χ2n) is 4.45. The van der Waals surface area contributed by atoms with E-state index in [1.54, 1.807) is 11.9 Å². The van der Waals surface area contributed by atoms with Gasteiger partial charge >= 0.3 is 0 Å². The van der Waals surface area contributed by atoms with Crippen LogP contribution < -0.4 is 5.32 Å². The number of aliphatic hydroxyl groups is 1. The predicted molar refractivity (Wildman–Crippen MR) is 56.5 cm³/mol. The predicted octanol–water partition coefficient (Wildman–Crippen LogP) is -0.796. The normalized spacial score (nSPS) is 22.5. The molecule has 0 aliphatic carbocycles. The second kappa shape index (κ2) is 4.92. The summed E-state index contributed by atoms with van der Waals surface area (Å²) < 4.78 is 5.23. The summed E-state index contributed by atoms with van der Waals surface area (Å²) in [5.41, 5.74) is -0.532. The number of morpholine rings is 1. The number of aliphatic hydroxyl groups excluding tert-OH is 1. The summed E-state index contributed by atoms with van der Waals surface area (Å²) in [7, 11) is 1.70. The van der Waals surface area contributed by atoms with E-state index in [2.05, 4.69) is 5.32 Å². The van der Waals surface area contributed by atoms with Crippen molar-refractivity contribution in [3.8, 4) is 0 Å². The van der Waals surface area contributed by atoms with Crippen LogP contribution in [0.25, 0.3) is 0 Å². The van der Waals surface area contributed by atoms with E-state index >= 15 is 0 Å². The quantitative estimate of drug-likeness (QED) is 0.648. The van der Waals surface area contributed by atoms with Crippen molar-refractivity contribution in [2.75, 3.05) is 33.4 Å². The van der Waals surface area contributed by atoms with Crippen molar-refractivity contribution in [3.63, 3.8) is 0 Å². The molecule has 1 rings (SSSR count). The van der Waals surface area contributed by atoms with Crippen LogP contribution in [0.1, 0.15) is 13.8 Å². The first-order valence-electron chi connectivity index (χ1n) is 5.18. The average Bonchev–Trinajstić information content (AvgIpc) is 2.28. The highest BCUT2D eigenvalue weighted by Crippen LogP contribution is 2.13. The molecule has 1 aliphatic rings. The minimum atomic E-state index is -0.532. The Bertz CT molecular complexity index is 225. The van der Waals surface area contributed by atoms with Crippen LogP contribution in [-0.2, 0) is 9.53 Å².